The summed E-state index contributed by atoms with van der Waals surface area (Å²) in [5.41, 5.74) is 4.59. The van der Waals surface area contributed by atoms with E-state index in [9.17, 15) is 4.79 Å². The Morgan fingerprint density at radius 2 is 2.00 bits per heavy atom. The molecule has 0 saturated carbocycles. The van der Waals surface area contributed by atoms with E-state index in [1.165, 1.54) is 23.8 Å². The molecule has 0 aliphatic carbocycles. The summed E-state index contributed by atoms with van der Waals surface area (Å²) in [6.07, 6.45) is 2.96. The second-order valence-electron chi connectivity index (χ2n) is 6.32. The first-order chi connectivity index (χ1) is 9.81. The minimum Gasteiger partial charge on any atom is -0.467 e. The van der Waals surface area contributed by atoms with Crippen molar-refractivity contribution in [2.75, 3.05) is 12.0 Å². The van der Waals surface area contributed by atoms with Crippen molar-refractivity contribution >= 4 is 17.2 Å². The molecule has 1 aliphatic heterocycles. The van der Waals surface area contributed by atoms with E-state index in [4.69, 9.17) is 4.74 Å². The maximum absolute atomic E-state index is 12.2. The number of ether oxygens (including phenoxy) is 1. The SMILES string of the molecule is CCC(C(=O)OC)N1c2ccc(C)cc2C(C)=CC1(C)C. The molecule has 0 amide bonds. The van der Waals surface area contributed by atoms with E-state index in [1.807, 2.05) is 6.92 Å². The van der Waals surface area contributed by atoms with Gasteiger partial charge in [-0.05, 0) is 51.8 Å². The number of nitrogens with zero attached hydrogens (tertiary/aromatic N) is 1. The maximum Gasteiger partial charge on any atom is 0.328 e. The number of hydrogen-bond donors (Lipinski definition) is 0. The Balaban J connectivity index is 2.62. The van der Waals surface area contributed by atoms with Gasteiger partial charge in [-0.2, -0.15) is 0 Å². The van der Waals surface area contributed by atoms with Crippen molar-refractivity contribution in [1.29, 1.82) is 0 Å². The summed E-state index contributed by atoms with van der Waals surface area (Å²) < 4.78 is 5.01. The highest BCUT2D eigenvalue weighted by Crippen LogP contribution is 2.41. The Morgan fingerprint density at radius 1 is 1.33 bits per heavy atom. The lowest BCUT2D eigenvalue weighted by molar-refractivity contribution is -0.142. The van der Waals surface area contributed by atoms with Crippen molar-refractivity contribution in [3.8, 4) is 0 Å². The molecular weight excluding hydrogens is 262 g/mol. The van der Waals surface area contributed by atoms with Gasteiger partial charge in [-0.3, -0.25) is 0 Å². The lowest BCUT2D eigenvalue weighted by atomic mass is 9.86. The van der Waals surface area contributed by atoms with Crippen LogP contribution >= 0.6 is 0 Å². The van der Waals surface area contributed by atoms with E-state index in [1.54, 1.807) is 0 Å². The number of fused-ring (bicyclic) bond motifs is 1. The number of methoxy groups -OCH3 is 1. The molecule has 1 unspecified atom stereocenters. The van der Waals surface area contributed by atoms with Gasteiger partial charge in [0.25, 0.3) is 0 Å². The van der Waals surface area contributed by atoms with Crippen LogP contribution in [0.2, 0.25) is 0 Å². The average Bonchev–Trinajstić information content (AvgIpc) is 2.42. The number of hydrogen-bond acceptors (Lipinski definition) is 3. The van der Waals surface area contributed by atoms with Gasteiger partial charge in [-0.15, -0.1) is 0 Å². The molecule has 1 heterocycles. The zero-order valence-electron chi connectivity index (χ0n) is 13.9. The molecule has 1 atom stereocenters. The molecule has 0 aromatic heterocycles. The van der Waals surface area contributed by atoms with Crippen LogP contribution in [0.3, 0.4) is 0 Å². The van der Waals surface area contributed by atoms with Gasteiger partial charge in [0.05, 0.1) is 12.6 Å². The summed E-state index contributed by atoms with van der Waals surface area (Å²) in [5.74, 6) is -0.176. The highest BCUT2D eigenvalue weighted by molar-refractivity contribution is 5.87. The average molecular weight is 287 g/mol. The predicted octanol–water partition coefficient (Wildman–Crippen LogP) is 3.95. The summed E-state index contributed by atoms with van der Waals surface area (Å²) in [6, 6.07) is 6.14. The van der Waals surface area contributed by atoms with Gasteiger partial charge in [-0.1, -0.05) is 24.6 Å². The van der Waals surface area contributed by atoms with Gasteiger partial charge < -0.3 is 9.64 Å². The number of carbonyl (C=O) groups is 1. The number of rotatable bonds is 3. The zero-order valence-corrected chi connectivity index (χ0v) is 13.9. The van der Waals surface area contributed by atoms with Crippen molar-refractivity contribution in [3.05, 3.63) is 35.4 Å². The van der Waals surface area contributed by atoms with Crippen LogP contribution in [0.25, 0.3) is 5.57 Å². The highest BCUT2D eigenvalue weighted by Gasteiger charge is 2.38. The van der Waals surface area contributed by atoms with Gasteiger partial charge in [0.2, 0.25) is 0 Å². The Morgan fingerprint density at radius 3 is 2.57 bits per heavy atom. The topological polar surface area (TPSA) is 29.5 Å². The Hall–Kier alpha value is -1.77. The van der Waals surface area contributed by atoms with Crippen molar-refractivity contribution in [1.82, 2.24) is 0 Å². The van der Waals surface area contributed by atoms with Crippen LogP contribution in [0.5, 0.6) is 0 Å². The minimum atomic E-state index is -0.268. The highest BCUT2D eigenvalue weighted by atomic mass is 16.5. The molecule has 3 nitrogen and oxygen atoms in total. The molecular formula is C18H25NO2. The van der Waals surface area contributed by atoms with E-state index in [0.717, 1.165) is 12.1 Å². The third-order valence-electron chi connectivity index (χ3n) is 4.20. The molecule has 21 heavy (non-hydrogen) atoms. The predicted molar refractivity (Wildman–Crippen MR) is 87.5 cm³/mol. The first kappa shape index (κ1) is 15.6. The molecule has 0 fully saturated rings. The van der Waals surface area contributed by atoms with Crippen LogP contribution in [0.4, 0.5) is 5.69 Å². The number of carbonyl (C=O) groups excluding carboxylic acids is 1. The van der Waals surface area contributed by atoms with Crippen LogP contribution in [0.1, 0.15) is 45.2 Å². The third kappa shape index (κ3) is 2.69. The molecule has 0 bridgehead atoms. The van der Waals surface area contributed by atoms with E-state index in [0.29, 0.717) is 0 Å². The van der Waals surface area contributed by atoms with E-state index in [2.05, 4.69) is 56.9 Å². The zero-order chi connectivity index (χ0) is 15.8. The number of benzene rings is 1. The van der Waals surface area contributed by atoms with Crippen LogP contribution in [-0.2, 0) is 9.53 Å². The van der Waals surface area contributed by atoms with Crippen molar-refractivity contribution in [2.24, 2.45) is 0 Å². The molecule has 3 heteroatoms. The first-order valence-electron chi connectivity index (χ1n) is 7.49. The monoisotopic (exact) mass is 287 g/mol. The smallest absolute Gasteiger partial charge is 0.328 e. The van der Waals surface area contributed by atoms with Gasteiger partial charge in [0.1, 0.15) is 6.04 Å². The molecule has 0 saturated heterocycles. The van der Waals surface area contributed by atoms with E-state index >= 15 is 0 Å². The normalized spacial score (nSPS) is 17.8. The van der Waals surface area contributed by atoms with Gasteiger partial charge in [0, 0.05) is 11.3 Å². The fraction of sp³-hybridized carbons (Fsp3) is 0.500. The van der Waals surface area contributed by atoms with Crippen LogP contribution in [-0.4, -0.2) is 24.7 Å². The standard InChI is InChI=1S/C18H25NO2/c1-7-15(17(20)21-6)19-16-9-8-12(2)10-14(16)13(3)11-18(19,4)5/h8-11,15H,7H2,1-6H3. The summed E-state index contributed by atoms with van der Waals surface area (Å²) >= 11 is 0. The lowest BCUT2D eigenvalue weighted by Gasteiger charge is -2.46. The first-order valence-corrected chi connectivity index (χ1v) is 7.49. The summed E-state index contributed by atoms with van der Waals surface area (Å²) in [5, 5.41) is 0. The third-order valence-corrected chi connectivity index (χ3v) is 4.20. The van der Waals surface area contributed by atoms with Crippen molar-refractivity contribution < 1.29 is 9.53 Å². The Kier molecular flexibility index (Phi) is 4.13. The summed E-state index contributed by atoms with van der Waals surface area (Å²) in [7, 11) is 1.46. The van der Waals surface area contributed by atoms with E-state index < -0.39 is 0 Å². The quantitative estimate of drug-likeness (QED) is 0.788. The second kappa shape index (κ2) is 5.55. The largest absolute Gasteiger partial charge is 0.467 e. The molecule has 2 rings (SSSR count). The Labute approximate surface area is 127 Å². The van der Waals surface area contributed by atoms with E-state index in [-0.39, 0.29) is 17.6 Å². The summed E-state index contributed by atoms with van der Waals surface area (Å²) in [6.45, 7) is 10.5. The molecule has 1 aliphatic rings. The van der Waals surface area contributed by atoms with Crippen molar-refractivity contribution in [2.45, 2.75) is 52.6 Å². The number of allylic oxidation sites excluding steroid dienone is 1. The minimum absolute atomic E-state index is 0.176. The van der Waals surface area contributed by atoms with Gasteiger partial charge in [-0.25, -0.2) is 4.79 Å². The number of anilines is 1. The Bertz CT molecular complexity index is 587. The van der Waals surface area contributed by atoms with Gasteiger partial charge in [0.15, 0.2) is 0 Å². The molecule has 1 aromatic carbocycles. The lowest BCUT2D eigenvalue weighted by Crippen LogP contribution is -2.54. The second-order valence-corrected chi connectivity index (χ2v) is 6.32. The van der Waals surface area contributed by atoms with Crippen LogP contribution in [0.15, 0.2) is 24.3 Å². The fourth-order valence-corrected chi connectivity index (χ4v) is 3.32. The molecule has 0 spiro atoms. The molecule has 0 N–H and O–H groups in total. The van der Waals surface area contributed by atoms with Crippen molar-refractivity contribution in [3.63, 3.8) is 0 Å². The number of aryl methyl sites for hydroxylation is 1. The van der Waals surface area contributed by atoms with Gasteiger partial charge >= 0.3 is 5.97 Å². The van der Waals surface area contributed by atoms with Crippen LogP contribution in [0, 0.1) is 6.92 Å². The van der Waals surface area contributed by atoms with Crippen LogP contribution < -0.4 is 4.90 Å². The maximum atomic E-state index is 12.2. The fourth-order valence-electron chi connectivity index (χ4n) is 3.32. The molecule has 0 radical (unpaired) electrons. The molecule has 114 valence electrons. The number of esters is 1. The molecule has 1 aromatic rings. The summed E-state index contributed by atoms with van der Waals surface area (Å²) in [4.78, 5) is 14.4.